The Morgan fingerprint density at radius 2 is 2.38 bits per heavy atom. The van der Waals surface area contributed by atoms with E-state index >= 15 is 0 Å². The molecule has 0 unspecified atom stereocenters. The molecular weight excluding hydrogens is 291 g/mol. The summed E-state index contributed by atoms with van der Waals surface area (Å²) in [6.45, 7) is 1.44. The Labute approximate surface area is 128 Å². The second-order valence-electron chi connectivity index (χ2n) is 5.64. The molecule has 3 heterocycles. The minimum Gasteiger partial charge on any atom is -0.371 e. The van der Waals surface area contributed by atoms with E-state index in [1.165, 1.54) is 0 Å². The Hall–Kier alpha value is -1.14. The molecule has 6 heteroatoms. The SMILES string of the molecule is O=C(CCF)N1CC2(C[C@H](OCc3ccccn3)CS2)C1. The number of rotatable bonds is 5. The highest BCUT2D eigenvalue weighted by Gasteiger charge is 2.50. The van der Waals surface area contributed by atoms with Gasteiger partial charge in [0.2, 0.25) is 5.91 Å². The van der Waals surface area contributed by atoms with Crippen molar-refractivity contribution in [2.24, 2.45) is 0 Å². The van der Waals surface area contributed by atoms with Gasteiger partial charge in [0.1, 0.15) is 0 Å². The molecule has 2 fully saturated rings. The molecule has 0 radical (unpaired) electrons. The molecule has 0 bridgehead atoms. The maximum absolute atomic E-state index is 12.2. The molecule has 4 nitrogen and oxygen atoms in total. The van der Waals surface area contributed by atoms with Crippen LogP contribution in [0.25, 0.3) is 0 Å². The molecule has 1 aromatic rings. The van der Waals surface area contributed by atoms with Crippen LogP contribution in [0, 0.1) is 0 Å². The van der Waals surface area contributed by atoms with Crippen LogP contribution in [-0.2, 0) is 16.1 Å². The number of aromatic nitrogens is 1. The van der Waals surface area contributed by atoms with Crippen molar-refractivity contribution in [3.05, 3.63) is 30.1 Å². The molecule has 21 heavy (non-hydrogen) atoms. The fourth-order valence-electron chi connectivity index (χ4n) is 2.88. The summed E-state index contributed by atoms with van der Waals surface area (Å²) in [5.74, 6) is 0.888. The number of halogens is 1. The number of pyridine rings is 1. The number of amides is 1. The summed E-state index contributed by atoms with van der Waals surface area (Å²) >= 11 is 1.88. The maximum Gasteiger partial charge on any atom is 0.225 e. The van der Waals surface area contributed by atoms with Gasteiger partial charge < -0.3 is 9.64 Å². The van der Waals surface area contributed by atoms with Crippen molar-refractivity contribution < 1.29 is 13.9 Å². The fraction of sp³-hybridized carbons (Fsp3) is 0.600. The second-order valence-corrected chi connectivity index (χ2v) is 7.13. The number of ether oxygens (including phenoxy) is 1. The first-order valence-electron chi connectivity index (χ1n) is 7.20. The number of hydrogen-bond acceptors (Lipinski definition) is 4. The van der Waals surface area contributed by atoms with E-state index in [0.29, 0.717) is 6.61 Å². The highest BCUT2D eigenvalue weighted by atomic mass is 32.2. The molecule has 0 saturated carbocycles. The molecule has 0 N–H and O–H groups in total. The van der Waals surface area contributed by atoms with E-state index in [9.17, 15) is 9.18 Å². The zero-order valence-electron chi connectivity index (χ0n) is 11.8. The number of alkyl halides is 1. The number of carbonyl (C=O) groups excluding carboxylic acids is 1. The minimum atomic E-state index is -0.564. The summed E-state index contributed by atoms with van der Waals surface area (Å²) in [6.07, 6.45) is 2.96. The van der Waals surface area contributed by atoms with Crippen LogP contribution in [0.15, 0.2) is 24.4 Å². The second kappa shape index (κ2) is 6.32. The van der Waals surface area contributed by atoms with Crippen LogP contribution in [0.1, 0.15) is 18.5 Å². The third kappa shape index (κ3) is 3.37. The summed E-state index contributed by atoms with van der Waals surface area (Å²) in [4.78, 5) is 17.6. The third-order valence-electron chi connectivity index (χ3n) is 3.99. The lowest BCUT2D eigenvalue weighted by atomic mass is 9.92. The number of nitrogens with zero attached hydrogens (tertiary/aromatic N) is 2. The molecule has 1 spiro atoms. The number of carbonyl (C=O) groups is 1. The van der Waals surface area contributed by atoms with Gasteiger partial charge in [0.25, 0.3) is 0 Å². The van der Waals surface area contributed by atoms with Gasteiger partial charge in [-0.25, -0.2) is 0 Å². The Morgan fingerprint density at radius 1 is 1.52 bits per heavy atom. The van der Waals surface area contributed by atoms with E-state index in [2.05, 4.69) is 4.98 Å². The predicted molar refractivity (Wildman–Crippen MR) is 79.8 cm³/mol. The van der Waals surface area contributed by atoms with E-state index in [0.717, 1.165) is 31.0 Å². The first kappa shape index (κ1) is 14.8. The van der Waals surface area contributed by atoms with Crippen molar-refractivity contribution in [3.63, 3.8) is 0 Å². The Kier molecular flexibility index (Phi) is 4.45. The van der Waals surface area contributed by atoms with Crippen LogP contribution in [0.4, 0.5) is 4.39 Å². The molecule has 1 amide bonds. The van der Waals surface area contributed by atoms with E-state index in [4.69, 9.17) is 4.74 Å². The molecule has 0 aromatic carbocycles. The normalized spacial score (nSPS) is 23.3. The monoisotopic (exact) mass is 310 g/mol. The van der Waals surface area contributed by atoms with Gasteiger partial charge in [-0.2, -0.15) is 0 Å². The summed E-state index contributed by atoms with van der Waals surface area (Å²) in [5.41, 5.74) is 0.941. The van der Waals surface area contributed by atoms with Crippen molar-refractivity contribution in [3.8, 4) is 0 Å². The summed E-state index contributed by atoms with van der Waals surface area (Å²) in [5, 5.41) is 0. The first-order chi connectivity index (χ1) is 10.2. The molecule has 2 aliphatic rings. The van der Waals surface area contributed by atoms with Gasteiger partial charge in [0.05, 0.1) is 36.2 Å². The van der Waals surface area contributed by atoms with Gasteiger partial charge in [-0.05, 0) is 18.6 Å². The lowest BCUT2D eigenvalue weighted by Gasteiger charge is -2.47. The van der Waals surface area contributed by atoms with Crippen LogP contribution in [0.2, 0.25) is 0 Å². The molecule has 1 atom stereocenters. The highest BCUT2D eigenvalue weighted by Crippen LogP contribution is 2.46. The Morgan fingerprint density at radius 3 is 3.10 bits per heavy atom. The summed E-state index contributed by atoms with van der Waals surface area (Å²) < 4.78 is 18.2. The molecule has 2 aliphatic heterocycles. The van der Waals surface area contributed by atoms with E-state index < -0.39 is 6.67 Å². The predicted octanol–water partition coefficient (Wildman–Crippen LogP) is 2.04. The van der Waals surface area contributed by atoms with Gasteiger partial charge >= 0.3 is 0 Å². The Balaban J connectivity index is 1.43. The first-order valence-corrected chi connectivity index (χ1v) is 8.18. The number of hydrogen-bond donors (Lipinski definition) is 0. The summed E-state index contributed by atoms with van der Waals surface area (Å²) in [7, 11) is 0. The standard InChI is InChI=1S/C15H19FN2O2S/c16-5-4-14(19)18-10-15(11-18)7-13(9-21-15)20-8-12-3-1-2-6-17-12/h1-3,6,13H,4-5,7-11H2/t13-/m0/s1. The van der Waals surface area contributed by atoms with Crippen LogP contribution in [0.5, 0.6) is 0 Å². The molecule has 3 rings (SSSR count). The maximum atomic E-state index is 12.2. The van der Waals surface area contributed by atoms with Crippen molar-refractivity contribution >= 4 is 17.7 Å². The van der Waals surface area contributed by atoms with Crippen LogP contribution in [-0.4, -0.2) is 52.2 Å². The summed E-state index contributed by atoms with van der Waals surface area (Å²) in [6, 6.07) is 5.80. The minimum absolute atomic E-state index is 0.0142. The van der Waals surface area contributed by atoms with Gasteiger partial charge in [-0.15, -0.1) is 11.8 Å². The van der Waals surface area contributed by atoms with E-state index in [1.54, 1.807) is 11.1 Å². The zero-order chi connectivity index (χ0) is 14.7. The molecule has 1 aromatic heterocycles. The molecule has 114 valence electrons. The van der Waals surface area contributed by atoms with Crippen LogP contribution in [0.3, 0.4) is 0 Å². The van der Waals surface area contributed by atoms with Crippen molar-refractivity contribution in [1.29, 1.82) is 0 Å². The van der Waals surface area contributed by atoms with Gasteiger partial charge in [-0.1, -0.05) is 6.07 Å². The highest BCUT2D eigenvalue weighted by molar-refractivity contribution is 8.01. The van der Waals surface area contributed by atoms with E-state index in [-0.39, 0.29) is 23.2 Å². The fourth-order valence-corrected chi connectivity index (χ4v) is 4.43. The average molecular weight is 310 g/mol. The van der Waals surface area contributed by atoms with Crippen LogP contribution < -0.4 is 0 Å². The van der Waals surface area contributed by atoms with Gasteiger partial charge in [-0.3, -0.25) is 14.2 Å². The van der Waals surface area contributed by atoms with Crippen molar-refractivity contribution in [2.75, 3.05) is 25.5 Å². The van der Waals surface area contributed by atoms with Crippen molar-refractivity contribution in [2.45, 2.75) is 30.3 Å². The average Bonchev–Trinajstić information content (AvgIpc) is 2.89. The molecule has 2 saturated heterocycles. The lowest BCUT2D eigenvalue weighted by Crippen LogP contribution is -2.60. The largest absolute Gasteiger partial charge is 0.371 e. The van der Waals surface area contributed by atoms with Gasteiger partial charge in [0, 0.05) is 25.0 Å². The lowest BCUT2D eigenvalue weighted by molar-refractivity contribution is -0.137. The van der Waals surface area contributed by atoms with Crippen molar-refractivity contribution in [1.82, 2.24) is 9.88 Å². The van der Waals surface area contributed by atoms with Gasteiger partial charge in [0.15, 0.2) is 0 Å². The molecular formula is C15H19FN2O2S. The molecule has 0 aliphatic carbocycles. The smallest absolute Gasteiger partial charge is 0.225 e. The number of thioether (sulfide) groups is 1. The van der Waals surface area contributed by atoms with E-state index in [1.807, 2.05) is 30.0 Å². The topological polar surface area (TPSA) is 42.4 Å². The quantitative estimate of drug-likeness (QED) is 0.835. The Bertz CT molecular complexity index is 494. The third-order valence-corrected chi connectivity index (χ3v) is 5.56. The van der Waals surface area contributed by atoms with Crippen LogP contribution >= 0.6 is 11.8 Å². The number of likely N-dealkylation sites (tertiary alicyclic amines) is 1. The zero-order valence-corrected chi connectivity index (χ0v) is 12.7.